The Morgan fingerprint density at radius 3 is 2.46 bits per heavy atom. The van der Waals surface area contributed by atoms with Crippen molar-refractivity contribution in [3.05, 3.63) is 123 Å². The van der Waals surface area contributed by atoms with Crippen molar-refractivity contribution >= 4 is 39.5 Å². The second-order valence-electron chi connectivity index (χ2n) is 9.04. The van der Waals surface area contributed by atoms with Gasteiger partial charge in [0.15, 0.2) is 0 Å². The molecule has 5 nitrogen and oxygen atoms in total. The third-order valence-electron chi connectivity index (χ3n) is 6.52. The normalized spacial score (nSPS) is 14.9. The van der Waals surface area contributed by atoms with E-state index in [1.807, 2.05) is 46.8 Å². The van der Waals surface area contributed by atoms with Gasteiger partial charge >= 0.3 is 5.97 Å². The minimum Gasteiger partial charge on any atom is -0.423 e. The zero-order chi connectivity index (χ0) is 26.8. The number of nitrogens with zero attached hydrogens (tertiary/aromatic N) is 3. The van der Waals surface area contributed by atoms with Gasteiger partial charge in [0.2, 0.25) is 5.13 Å². The molecule has 2 aromatic heterocycles. The first kappa shape index (κ1) is 25.2. The van der Waals surface area contributed by atoms with Gasteiger partial charge in [0, 0.05) is 16.9 Å². The fraction of sp³-hybridized carbons (Fsp3) is 0.129. The summed E-state index contributed by atoms with van der Waals surface area (Å²) in [4.78, 5) is 19.7. The number of carbonyl (C=O) groups excluding carboxylic acids is 1. The van der Waals surface area contributed by atoms with Gasteiger partial charge in [-0.15, -0.1) is 11.3 Å². The highest BCUT2D eigenvalue weighted by Crippen LogP contribution is 2.42. The van der Waals surface area contributed by atoms with Crippen LogP contribution in [0.15, 0.2) is 101 Å². The number of thiazole rings is 1. The third-order valence-corrected chi connectivity index (χ3v) is 8.63. The molecular weight excluding hydrogens is 529 g/mol. The lowest BCUT2D eigenvalue weighted by Gasteiger charge is -2.21. The Labute approximate surface area is 233 Å². The maximum Gasteiger partial charge on any atom is 0.343 e. The van der Waals surface area contributed by atoms with Crippen molar-refractivity contribution in [3.8, 4) is 17.0 Å². The van der Waals surface area contributed by atoms with Crippen LogP contribution in [0.25, 0.3) is 11.3 Å². The van der Waals surface area contributed by atoms with Crippen molar-refractivity contribution in [3.63, 3.8) is 0 Å². The van der Waals surface area contributed by atoms with E-state index in [9.17, 15) is 9.18 Å². The second-order valence-corrected chi connectivity index (χ2v) is 11.1. The van der Waals surface area contributed by atoms with E-state index in [2.05, 4.69) is 13.0 Å². The highest BCUT2D eigenvalue weighted by molar-refractivity contribution is 7.16. The van der Waals surface area contributed by atoms with Crippen LogP contribution in [0.1, 0.15) is 45.1 Å². The number of halogens is 1. The summed E-state index contributed by atoms with van der Waals surface area (Å²) in [6, 6.07) is 27.0. The number of thiophene rings is 1. The van der Waals surface area contributed by atoms with Gasteiger partial charge in [0.05, 0.1) is 27.9 Å². The smallest absolute Gasteiger partial charge is 0.343 e. The van der Waals surface area contributed by atoms with E-state index >= 15 is 0 Å². The number of carbonyl (C=O) groups is 1. The molecule has 6 rings (SSSR count). The van der Waals surface area contributed by atoms with E-state index in [1.54, 1.807) is 59.1 Å². The minimum atomic E-state index is -0.395. The molecule has 1 atom stereocenters. The molecule has 0 N–H and O–H groups in total. The van der Waals surface area contributed by atoms with Crippen molar-refractivity contribution < 1.29 is 13.9 Å². The summed E-state index contributed by atoms with van der Waals surface area (Å²) in [5.74, 6) is -0.179. The van der Waals surface area contributed by atoms with Crippen LogP contribution in [-0.2, 0) is 6.42 Å². The first-order chi connectivity index (χ1) is 19.1. The van der Waals surface area contributed by atoms with Gasteiger partial charge in [0.25, 0.3) is 0 Å². The molecule has 1 aliphatic rings. The number of rotatable bonds is 7. The third kappa shape index (κ3) is 5.26. The Hall–Kier alpha value is -4.14. The lowest BCUT2D eigenvalue weighted by molar-refractivity contribution is 0.0735. The number of hydrogen-bond donors (Lipinski definition) is 0. The summed E-state index contributed by atoms with van der Waals surface area (Å²) >= 11 is 3.28. The quantitative estimate of drug-likeness (QED) is 0.151. The number of esters is 1. The summed E-state index contributed by atoms with van der Waals surface area (Å²) in [7, 11) is 0. The summed E-state index contributed by atoms with van der Waals surface area (Å²) in [5, 5.41) is 9.81. The maximum atomic E-state index is 13.7. The van der Waals surface area contributed by atoms with Gasteiger partial charge in [-0.2, -0.15) is 5.10 Å². The molecule has 0 aliphatic carbocycles. The minimum absolute atomic E-state index is 0.0776. The van der Waals surface area contributed by atoms with Crippen LogP contribution >= 0.6 is 22.7 Å². The first-order valence-corrected chi connectivity index (χ1v) is 14.3. The van der Waals surface area contributed by atoms with Crippen LogP contribution in [-0.4, -0.2) is 16.7 Å². The second kappa shape index (κ2) is 10.9. The highest BCUT2D eigenvalue weighted by atomic mass is 32.1. The molecule has 3 heterocycles. The van der Waals surface area contributed by atoms with Crippen molar-refractivity contribution in [2.24, 2.45) is 5.10 Å². The molecule has 1 aliphatic heterocycles. The molecule has 0 bridgehead atoms. The molecular formula is C31H24FN3O2S2. The average Bonchev–Trinajstić information content (AvgIpc) is 3.74. The topological polar surface area (TPSA) is 54.8 Å². The van der Waals surface area contributed by atoms with Gasteiger partial charge in [-0.3, -0.25) is 0 Å². The molecule has 8 heteroatoms. The number of hydrazone groups is 1. The predicted molar refractivity (Wildman–Crippen MR) is 155 cm³/mol. The van der Waals surface area contributed by atoms with E-state index in [-0.39, 0.29) is 11.9 Å². The maximum absolute atomic E-state index is 13.7. The van der Waals surface area contributed by atoms with Gasteiger partial charge in [-0.1, -0.05) is 54.7 Å². The highest BCUT2D eigenvalue weighted by Gasteiger charge is 2.33. The number of benzene rings is 3. The lowest BCUT2D eigenvalue weighted by Crippen LogP contribution is -2.18. The van der Waals surface area contributed by atoms with Crippen molar-refractivity contribution in [2.75, 3.05) is 5.01 Å². The van der Waals surface area contributed by atoms with Crippen molar-refractivity contribution in [1.29, 1.82) is 0 Å². The van der Waals surface area contributed by atoms with E-state index < -0.39 is 5.97 Å². The molecule has 194 valence electrons. The van der Waals surface area contributed by atoms with Crippen molar-refractivity contribution in [2.45, 2.75) is 25.8 Å². The van der Waals surface area contributed by atoms with Crippen molar-refractivity contribution in [1.82, 2.24) is 4.98 Å². The summed E-state index contributed by atoms with van der Waals surface area (Å²) in [6.07, 6.45) is 1.53. The molecule has 0 radical (unpaired) electrons. The SMILES string of the molecule is CCc1sc(N2N=C(c3cccs3)C[C@H]2c2ccc(F)cc2)nc1-c1ccc(OC(=O)c2ccccc2)cc1. The summed E-state index contributed by atoms with van der Waals surface area (Å²) in [6.45, 7) is 2.11. The van der Waals surface area contributed by atoms with Crippen LogP contribution in [0.5, 0.6) is 5.75 Å². The van der Waals surface area contributed by atoms with Crippen LogP contribution in [0.4, 0.5) is 9.52 Å². The zero-order valence-corrected chi connectivity index (χ0v) is 22.7. The molecule has 39 heavy (non-hydrogen) atoms. The molecule has 0 amide bonds. The number of anilines is 1. The molecule has 0 saturated carbocycles. The van der Waals surface area contributed by atoms with Crippen LogP contribution in [0.3, 0.4) is 0 Å². The monoisotopic (exact) mass is 553 g/mol. The molecule has 5 aromatic rings. The Bertz CT molecular complexity index is 1610. The fourth-order valence-electron chi connectivity index (χ4n) is 4.55. The predicted octanol–water partition coefficient (Wildman–Crippen LogP) is 8.15. The Balaban J connectivity index is 1.30. The zero-order valence-electron chi connectivity index (χ0n) is 21.1. The number of aryl methyl sites for hydroxylation is 1. The van der Waals surface area contributed by atoms with E-state index in [1.165, 1.54) is 12.1 Å². The summed E-state index contributed by atoms with van der Waals surface area (Å²) in [5.41, 5.74) is 4.32. The van der Waals surface area contributed by atoms with E-state index in [4.69, 9.17) is 14.8 Å². The molecule has 0 saturated heterocycles. The van der Waals surface area contributed by atoms with Gasteiger partial charge < -0.3 is 4.74 Å². The summed E-state index contributed by atoms with van der Waals surface area (Å²) < 4.78 is 19.2. The van der Waals surface area contributed by atoms with Gasteiger partial charge in [0.1, 0.15) is 11.6 Å². The van der Waals surface area contributed by atoms with Crippen LogP contribution in [0.2, 0.25) is 0 Å². The Morgan fingerprint density at radius 2 is 1.77 bits per heavy atom. The Kier molecular flexibility index (Phi) is 7.04. The Morgan fingerprint density at radius 1 is 1.00 bits per heavy atom. The lowest BCUT2D eigenvalue weighted by atomic mass is 10.0. The van der Waals surface area contributed by atoms with E-state index in [0.717, 1.165) is 43.8 Å². The fourth-order valence-corrected chi connectivity index (χ4v) is 6.29. The number of aromatic nitrogens is 1. The molecule has 0 spiro atoms. The standard InChI is InChI=1S/C31H24FN3O2S2/c1-2-27-29(21-12-16-24(17-13-21)37-30(36)22-7-4-3-5-8-22)33-31(39-27)35-26(20-10-14-23(32)15-11-20)19-25(34-35)28-9-6-18-38-28/h3-18,26H,2,19H2,1H3/t26-/m0/s1. The number of hydrogen-bond acceptors (Lipinski definition) is 7. The molecule has 0 unspecified atom stereocenters. The van der Waals surface area contributed by atoms with Crippen LogP contribution in [0, 0.1) is 5.82 Å². The first-order valence-electron chi connectivity index (χ1n) is 12.6. The van der Waals surface area contributed by atoms with Crippen LogP contribution < -0.4 is 9.75 Å². The number of ether oxygens (including phenoxy) is 1. The van der Waals surface area contributed by atoms with E-state index in [0.29, 0.717) is 17.7 Å². The van der Waals surface area contributed by atoms with Gasteiger partial charge in [-0.05, 0) is 72.0 Å². The molecule has 0 fully saturated rings. The largest absolute Gasteiger partial charge is 0.423 e. The average molecular weight is 554 g/mol. The molecule has 3 aromatic carbocycles. The van der Waals surface area contributed by atoms with Gasteiger partial charge in [-0.25, -0.2) is 19.2 Å².